The lowest BCUT2D eigenvalue weighted by Gasteiger charge is -2.21. The van der Waals surface area contributed by atoms with Gasteiger partial charge in [0, 0.05) is 28.8 Å². The smallest absolute Gasteiger partial charge is 0.255 e. The van der Waals surface area contributed by atoms with E-state index in [0.29, 0.717) is 5.69 Å². The van der Waals surface area contributed by atoms with Gasteiger partial charge in [0.25, 0.3) is 5.91 Å². The molecule has 0 bridgehead atoms. The fraction of sp³-hybridized carbons (Fsp3) is 0.235. The SMILES string of the molecule is CC(C)N(C)S(=O)(=O)c1cccc(C(=O)Nc2ccc(Br)cc2)c1. The predicted octanol–water partition coefficient (Wildman–Crippen LogP) is 3.73. The van der Waals surface area contributed by atoms with Crippen molar-refractivity contribution in [1.29, 1.82) is 0 Å². The van der Waals surface area contributed by atoms with Gasteiger partial charge in [-0.2, -0.15) is 4.31 Å². The second-order valence-electron chi connectivity index (χ2n) is 5.60. The highest BCUT2D eigenvalue weighted by atomic mass is 79.9. The zero-order valence-corrected chi connectivity index (χ0v) is 16.1. The molecule has 0 aromatic heterocycles. The molecule has 0 unspecified atom stereocenters. The molecule has 0 fully saturated rings. The Labute approximate surface area is 150 Å². The van der Waals surface area contributed by atoms with Crippen molar-refractivity contribution in [3.05, 3.63) is 58.6 Å². The van der Waals surface area contributed by atoms with Crippen LogP contribution >= 0.6 is 15.9 Å². The quantitative estimate of drug-likeness (QED) is 0.816. The Morgan fingerprint density at radius 1 is 1.12 bits per heavy atom. The molecule has 0 aliphatic heterocycles. The van der Waals surface area contributed by atoms with Crippen LogP contribution in [0.3, 0.4) is 0 Å². The molecule has 0 spiro atoms. The van der Waals surface area contributed by atoms with Gasteiger partial charge < -0.3 is 5.32 Å². The number of nitrogens with zero attached hydrogens (tertiary/aromatic N) is 1. The summed E-state index contributed by atoms with van der Waals surface area (Å²) >= 11 is 3.33. The maximum atomic E-state index is 12.5. The number of hydrogen-bond acceptors (Lipinski definition) is 3. The average molecular weight is 411 g/mol. The lowest BCUT2D eigenvalue weighted by Crippen LogP contribution is -2.33. The minimum atomic E-state index is -3.63. The summed E-state index contributed by atoms with van der Waals surface area (Å²) in [5.41, 5.74) is 0.923. The molecule has 0 heterocycles. The van der Waals surface area contributed by atoms with Gasteiger partial charge in [-0.3, -0.25) is 4.79 Å². The average Bonchev–Trinajstić information content (AvgIpc) is 2.56. The molecule has 1 amide bonds. The summed E-state index contributed by atoms with van der Waals surface area (Å²) in [4.78, 5) is 12.4. The molecule has 0 saturated carbocycles. The third kappa shape index (κ3) is 4.23. The molecule has 2 aromatic carbocycles. The van der Waals surface area contributed by atoms with Crippen LogP contribution in [0.4, 0.5) is 5.69 Å². The summed E-state index contributed by atoms with van der Waals surface area (Å²) in [6, 6.07) is 13.0. The number of sulfonamides is 1. The summed E-state index contributed by atoms with van der Waals surface area (Å²) in [5.74, 6) is -0.360. The zero-order valence-electron chi connectivity index (χ0n) is 13.7. The molecule has 5 nitrogen and oxygen atoms in total. The fourth-order valence-corrected chi connectivity index (χ4v) is 3.66. The largest absolute Gasteiger partial charge is 0.322 e. The number of carbonyl (C=O) groups is 1. The maximum Gasteiger partial charge on any atom is 0.255 e. The second kappa shape index (κ2) is 7.46. The molecular formula is C17H19BrN2O3S. The van der Waals surface area contributed by atoms with Crippen LogP contribution < -0.4 is 5.32 Å². The molecule has 0 saturated heterocycles. The first-order valence-corrected chi connectivity index (χ1v) is 9.60. The van der Waals surface area contributed by atoms with Gasteiger partial charge in [0.15, 0.2) is 0 Å². The molecule has 2 rings (SSSR count). The van der Waals surface area contributed by atoms with Gasteiger partial charge in [-0.1, -0.05) is 22.0 Å². The zero-order chi connectivity index (χ0) is 17.9. The normalized spacial score (nSPS) is 11.8. The van der Waals surface area contributed by atoms with Crippen molar-refractivity contribution in [2.24, 2.45) is 0 Å². The molecular weight excluding hydrogens is 392 g/mol. The molecule has 2 aromatic rings. The molecule has 0 radical (unpaired) electrons. The van der Waals surface area contributed by atoms with Gasteiger partial charge in [0.05, 0.1) is 4.90 Å². The van der Waals surface area contributed by atoms with Gasteiger partial charge in [0.2, 0.25) is 10.0 Å². The highest BCUT2D eigenvalue weighted by molar-refractivity contribution is 9.10. The molecule has 24 heavy (non-hydrogen) atoms. The van der Waals surface area contributed by atoms with Crippen molar-refractivity contribution >= 4 is 37.5 Å². The topological polar surface area (TPSA) is 66.5 Å². The van der Waals surface area contributed by atoms with Crippen LogP contribution in [0.15, 0.2) is 57.9 Å². The van der Waals surface area contributed by atoms with Gasteiger partial charge in [0.1, 0.15) is 0 Å². The first-order valence-electron chi connectivity index (χ1n) is 7.37. The number of hydrogen-bond donors (Lipinski definition) is 1. The lowest BCUT2D eigenvalue weighted by molar-refractivity contribution is 0.102. The van der Waals surface area contributed by atoms with Crippen molar-refractivity contribution in [1.82, 2.24) is 4.31 Å². The van der Waals surface area contributed by atoms with E-state index in [-0.39, 0.29) is 22.4 Å². The first kappa shape index (κ1) is 18.6. The summed E-state index contributed by atoms with van der Waals surface area (Å²) < 4.78 is 27.3. The number of amides is 1. The van der Waals surface area contributed by atoms with Crippen LogP contribution in [0.2, 0.25) is 0 Å². The van der Waals surface area contributed by atoms with E-state index in [2.05, 4.69) is 21.2 Å². The number of carbonyl (C=O) groups excluding carboxylic acids is 1. The monoisotopic (exact) mass is 410 g/mol. The van der Waals surface area contributed by atoms with E-state index in [1.54, 1.807) is 38.1 Å². The summed E-state index contributed by atoms with van der Waals surface area (Å²) in [6.07, 6.45) is 0. The van der Waals surface area contributed by atoms with E-state index >= 15 is 0 Å². The van der Waals surface area contributed by atoms with Crippen molar-refractivity contribution in [2.45, 2.75) is 24.8 Å². The van der Waals surface area contributed by atoms with Crippen molar-refractivity contribution < 1.29 is 13.2 Å². The number of rotatable bonds is 5. The van der Waals surface area contributed by atoms with E-state index in [9.17, 15) is 13.2 Å². The minimum absolute atomic E-state index is 0.0992. The van der Waals surface area contributed by atoms with Crippen molar-refractivity contribution in [3.63, 3.8) is 0 Å². The van der Waals surface area contributed by atoms with E-state index in [1.165, 1.54) is 23.5 Å². The second-order valence-corrected chi connectivity index (χ2v) is 8.52. The molecule has 7 heteroatoms. The highest BCUT2D eigenvalue weighted by Gasteiger charge is 2.23. The molecule has 0 aliphatic carbocycles. The minimum Gasteiger partial charge on any atom is -0.322 e. The molecule has 0 atom stereocenters. The van der Waals surface area contributed by atoms with Gasteiger partial charge in [-0.15, -0.1) is 0 Å². The molecule has 0 aliphatic rings. The van der Waals surface area contributed by atoms with E-state index in [1.807, 2.05) is 12.1 Å². The van der Waals surface area contributed by atoms with Crippen LogP contribution in [-0.4, -0.2) is 31.7 Å². The summed E-state index contributed by atoms with van der Waals surface area (Å²) in [7, 11) is -2.10. The Bertz CT molecular complexity index is 833. The van der Waals surface area contributed by atoms with Crippen LogP contribution in [0.1, 0.15) is 24.2 Å². The third-order valence-electron chi connectivity index (χ3n) is 3.60. The Kier molecular flexibility index (Phi) is 5.79. The van der Waals surface area contributed by atoms with Crippen molar-refractivity contribution in [2.75, 3.05) is 12.4 Å². The van der Waals surface area contributed by atoms with Crippen LogP contribution in [0.25, 0.3) is 0 Å². The van der Waals surface area contributed by atoms with Crippen LogP contribution in [-0.2, 0) is 10.0 Å². The highest BCUT2D eigenvalue weighted by Crippen LogP contribution is 2.19. The van der Waals surface area contributed by atoms with Gasteiger partial charge in [-0.25, -0.2) is 8.42 Å². The fourth-order valence-electron chi connectivity index (χ4n) is 1.98. The van der Waals surface area contributed by atoms with Crippen LogP contribution in [0.5, 0.6) is 0 Å². The number of nitrogens with one attached hydrogen (secondary N) is 1. The number of anilines is 1. The Morgan fingerprint density at radius 3 is 2.33 bits per heavy atom. The lowest BCUT2D eigenvalue weighted by atomic mass is 10.2. The molecule has 1 N–H and O–H groups in total. The van der Waals surface area contributed by atoms with E-state index in [4.69, 9.17) is 0 Å². The summed E-state index contributed by atoms with van der Waals surface area (Å²) in [5, 5.41) is 2.75. The number of benzene rings is 2. The maximum absolute atomic E-state index is 12.5. The Hall–Kier alpha value is -1.70. The Balaban J connectivity index is 2.27. The van der Waals surface area contributed by atoms with Gasteiger partial charge in [-0.05, 0) is 56.3 Å². The van der Waals surface area contributed by atoms with Crippen molar-refractivity contribution in [3.8, 4) is 0 Å². The van der Waals surface area contributed by atoms with Gasteiger partial charge >= 0.3 is 0 Å². The summed E-state index contributed by atoms with van der Waals surface area (Å²) in [6.45, 7) is 3.59. The standard InChI is InChI=1S/C17H19BrN2O3S/c1-12(2)20(3)24(22,23)16-6-4-5-13(11-16)17(21)19-15-9-7-14(18)8-10-15/h4-12H,1-3H3,(H,19,21). The number of halogens is 1. The van der Waals surface area contributed by atoms with E-state index < -0.39 is 10.0 Å². The van der Waals surface area contributed by atoms with E-state index in [0.717, 1.165) is 4.47 Å². The Morgan fingerprint density at radius 2 is 1.75 bits per heavy atom. The predicted molar refractivity (Wildman–Crippen MR) is 98.6 cm³/mol. The molecule has 128 valence electrons. The first-order chi connectivity index (χ1) is 11.2. The third-order valence-corrected chi connectivity index (χ3v) is 6.16. The van der Waals surface area contributed by atoms with Crippen LogP contribution in [0, 0.1) is 0 Å².